The maximum atomic E-state index is 4.24. The summed E-state index contributed by atoms with van der Waals surface area (Å²) in [4.78, 5) is 4.24. The molecule has 5 heteroatoms. The summed E-state index contributed by atoms with van der Waals surface area (Å²) < 4.78 is 2.20. The van der Waals surface area contributed by atoms with Gasteiger partial charge in [-0.1, -0.05) is 0 Å². The zero-order valence-electron chi connectivity index (χ0n) is 10.5. The van der Waals surface area contributed by atoms with E-state index in [0.29, 0.717) is 11.0 Å². The molecule has 1 aromatic carbocycles. The molecule has 0 saturated heterocycles. The highest BCUT2D eigenvalue weighted by molar-refractivity contribution is 7.80. The molecule has 0 spiro atoms. The minimum Gasteiger partial charge on any atom is -0.348 e. The summed E-state index contributed by atoms with van der Waals surface area (Å²) in [6.07, 6.45) is 0. The molecule has 0 unspecified atom stereocenters. The molecule has 0 saturated carbocycles. The van der Waals surface area contributed by atoms with Crippen LogP contribution in [0.25, 0.3) is 22.3 Å². The summed E-state index contributed by atoms with van der Waals surface area (Å²) in [6, 6.07) is 6.28. The lowest BCUT2D eigenvalue weighted by Crippen LogP contribution is -1.90. The largest absolute Gasteiger partial charge is 0.348 e. The van der Waals surface area contributed by atoms with Crippen LogP contribution in [-0.2, 0) is 7.05 Å². The number of H-pyrrole nitrogens is 1. The van der Waals surface area contributed by atoms with Crippen molar-refractivity contribution < 1.29 is 0 Å². The van der Waals surface area contributed by atoms with Gasteiger partial charge in [-0.3, -0.25) is 5.10 Å². The van der Waals surface area contributed by atoms with Gasteiger partial charge in [-0.05, 0) is 37.6 Å². The maximum absolute atomic E-state index is 4.24. The number of aromatic amines is 1. The van der Waals surface area contributed by atoms with Gasteiger partial charge in [-0.25, -0.2) is 4.98 Å². The van der Waals surface area contributed by atoms with Crippen LogP contribution in [0, 0.1) is 13.8 Å². The number of aryl methyl sites for hydroxylation is 2. The van der Waals surface area contributed by atoms with E-state index >= 15 is 0 Å². The minimum absolute atomic E-state index is 0.533. The van der Waals surface area contributed by atoms with Gasteiger partial charge in [0.1, 0.15) is 0 Å². The highest BCUT2D eigenvalue weighted by atomic mass is 32.1. The number of benzene rings is 1. The Kier molecular flexibility index (Phi) is 2.45. The molecule has 3 rings (SSSR count). The van der Waals surface area contributed by atoms with Crippen LogP contribution < -0.4 is 0 Å². The molecule has 0 fully saturated rings. The fraction of sp³-hybridized carbons (Fsp3) is 0.231. The Morgan fingerprint density at radius 3 is 2.72 bits per heavy atom. The zero-order valence-corrected chi connectivity index (χ0v) is 11.4. The van der Waals surface area contributed by atoms with E-state index < -0.39 is 0 Å². The standard InChI is InChI=1S/C13H14N4S/c1-7-8(2)17(3)11-5-4-9(6-10(7)11)12-14-13(18)16-15-12/h4-6H,1-3H3,(H2,14,15,16,18). The van der Waals surface area contributed by atoms with Crippen molar-refractivity contribution in [3.8, 4) is 11.4 Å². The van der Waals surface area contributed by atoms with Crippen molar-refractivity contribution in [3.63, 3.8) is 0 Å². The van der Waals surface area contributed by atoms with E-state index in [-0.39, 0.29) is 0 Å². The summed E-state index contributed by atoms with van der Waals surface area (Å²) in [5.74, 6) is 0.683. The van der Waals surface area contributed by atoms with Crippen molar-refractivity contribution in [2.45, 2.75) is 19.0 Å². The molecule has 3 aromatic rings. The molecule has 4 nitrogen and oxygen atoms in total. The fourth-order valence-corrected chi connectivity index (χ4v) is 2.42. The minimum atomic E-state index is 0.533. The Morgan fingerprint density at radius 1 is 1.28 bits per heavy atom. The molecule has 0 atom stereocenters. The molecule has 0 aliphatic carbocycles. The van der Waals surface area contributed by atoms with Crippen molar-refractivity contribution in [3.05, 3.63) is 29.5 Å². The topological polar surface area (TPSA) is 46.5 Å². The number of hydrogen-bond acceptors (Lipinski definition) is 3. The van der Waals surface area contributed by atoms with Gasteiger partial charge >= 0.3 is 0 Å². The lowest BCUT2D eigenvalue weighted by atomic mass is 10.1. The summed E-state index contributed by atoms with van der Waals surface area (Å²) >= 11 is 4.14. The van der Waals surface area contributed by atoms with E-state index in [2.05, 4.69) is 65.4 Å². The Balaban J connectivity index is 2.25. The number of nitrogens with one attached hydrogen (secondary N) is 1. The highest BCUT2D eigenvalue weighted by Crippen LogP contribution is 2.28. The highest BCUT2D eigenvalue weighted by Gasteiger charge is 2.11. The molecule has 2 aromatic heterocycles. The average molecular weight is 258 g/mol. The molecular weight excluding hydrogens is 244 g/mol. The first-order valence-corrected chi connectivity index (χ1v) is 6.20. The van der Waals surface area contributed by atoms with E-state index in [1.165, 1.54) is 22.2 Å². The van der Waals surface area contributed by atoms with Gasteiger partial charge in [0.15, 0.2) is 11.0 Å². The molecule has 0 amide bonds. The molecule has 18 heavy (non-hydrogen) atoms. The first-order valence-electron chi connectivity index (χ1n) is 5.75. The molecule has 0 aliphatic rings. The maximum Gasteiger partial charge on any atom is 0.182 e. The summed E-state index contributed by atoms with van der Waals surface area (Å²) in [5, 5.41) is 8.66. The van der Waals surface area contributed by atoms with E-state index in [9.17, 15) is 0 Å². The SMILES string of the molecule is Cc1c(C)n(C)c2ccc(-c3n[nH]c(S)n3)cc12. The van der Waals surface area contributed by atoms with Crippen molar-refractivity contribution in [1.29, 1.82) is 0 Å². The molecule has 92 valence electrons. The zero-order chi connectivity index (χ0) is 12.9. The second kappa shape index (κ2) is 3.88. The molecule has 1 N–H and O–H groups in total. The Bertz CT molecular complexity index is 739. The smallest absolute Gasteiger partial charge is 0.182 e. The predicted octanol–water partition coefficient (Wildman–Crippen LogP) is 2.87. The van der Waals surface area contributed by atoms with Crippen molar-refractivity contribution in [2.75, 3.05) is 0 Å². The van der Waals surface area contributed by atoms with Gasteiger partial charge in [-0.2, -0.15) is 5.10 Å². The third kappa shape index (κ3) is 1.54. The monoisotopic (exact) mass is 258 g/mol. The van der Waals surface area contributed by atoms with Gasteiger partial charge in [-0.15, -0.1) is 12.6 Å². The molecule has 0 aliphatic heterocycles. The number of nitrogens with zero attached hydrogens (tertiary/aromatic N) is 3. The Hall–Kier alpha value is -1.75. The third-order valence-electron chi connectivity index (χ3n) is 3.54. The van der Waals surface area contributed by atoms with E-state index in [1.807, 2.05) is 6.07 Å². The van der Waals surface area contributed by atoms with Gasteiger partial charge < -0.3 is 4.57 Å². The fourth-order valence-electron chi connectivity index (χ4n) is 2.28. The molecule has 2 heterocycles. The first kappa shape index (κ1) is 11.3. The van der Waals surface area contributed by atoms with Crippen LogP contribution in [0.4, 0.5) is 0 Å². The summed E-state index contributed by atoms with van der Waals surface area (Å²) in [5.41, 5.74) is 4.83. The number of rotatable bonds is 1. The average Bonchev–Trinajstić information content (AvgIpc) is 2.89. The van der Waals surface area contributed by atoms with Gasteiger partial charge in [0.25, 0.3) is 0 Å². The summed E-state index contributed by atoms with van der Waals surface area (Å²) in [7, 11) is 2.09. The second-order valence-corrected chi connectivity index (χ2v) is 4.91. The van der Waals surface area contributed by atoms with Gasteiger partial charge in [0.05, 0.1) is 0 Å². The first-order chi connectivity index (χ1) is 8.58. The van der Waals surface area contributed by atoms with Crippen molar-refractivity contribution >= 4 is 23.5 Å². The third-order valence-corrected chi connectivity index (χ3v) is 3.74. The van der Waals surface area contributed by atoms with Crippen LogP contribution in [-0.4, -0.2) is 19.7 Å². The van der Waals surface area contributed by atoms with Crippen molar-refractivity contribution in [2.24, 2.45) is 7.05 Å². The second-order valence-electron chi connectivity index (χ2n) is 4.48. The van der Waals surface area contributed by atoms with Crippen LogP contribution >= 0.6 is 12.6 Å². The lowest BCUT2D eigenvalue weighted by Gasteiger charge is -1.99. The predicted molar refractivity (Wildman–Crippen MR) is 75.0 cm³/mol. The van der Waals surface area contributed by atoms with Crippen LogP contribution in [0.3, 0.4) is 0 Å². The molecular formula is C13H14N4S. The number of aromatic nitrogens is 4. The lowest BCUT2D eigenvalue weighted by molar-refractivity contribution is 0.910. The molecule has 0 radical (unpaired) electrons. The quantitative estimate of drug-likeness (QED) is 0.659. The van der Waals surface area contributed by atoms with Gasteiger partial charge in [0, 0.05) is 29.2 Å². The van der Waals surface area contributed by atoms with Gasteiger partial charge in [0.2, 0.25) is 0 Å². The van der Waals surface area contributed by atoms with E-state index in [1.54, 1.807) is 0 Å². The summed E-state index contributed by atoms with van der Waals surface area (Å²) in [6.45, 7) is 4.27. The van der Waals surface area contributed by atoms with Crippen molar-refractivity contribution in [1.82, 2.24) is 19.7 Å². The van der Waals surface area contributed by atoms with Crippen LogP contribution in [0.1, 0.15) is 11.3 Å². The molecule has 0 bridgehead atoms. The Morgan fingerprint density at radius 2 is 2.06 bits per heavy atom. The van der Waals surface area contributed by atoms with Crippen LogP contribution in [0.15, 0.2) is 23.4 Å². The van der Waals surface area contributed by atoms with Crippen LogP contribution in [0.5, 0.6) is 0 Å². The van der Waals surface area contributed by atoms with E-state index in [0.717, 1.165) is 5.56 Å². The number of fused-ring (bicyclic) bond motifs is 1. The van der Waals surface area contributed by atoms with Crippen LogP contribution in [0.2, 0.25) is 0 Å². The normalized spacial score (nSPS) is 11.3. The number of hydrogen-bond donors (Lipinski definition) is 2. The number of thiol groups is 1. The van der Waals surface area contributed by atoms with E-state index in [4.69, 9.17) is 0 Å². The Labute approximate surface area is 110 Å².